The zero-order chi connectivity index (χ0) is 17.6. The van der Waals surface area contributed by atoms with E-state index in [-0.39, 0.29) is 29.1 Å². The van der Waals surface area contributed by atoms with E-state index in [0.29, 0.717) is 0 Å². The summed E-state index contributed by atoms with van der Waals surface area (Å²) < 4.78 is 0. The van der Waals surface area contributed by atoms with Crippen LogP contribution < -0.4 is 10.7 Å². The van der Waals surface area contributed by atoms with Crippen LogP contribution in [0.25, 0.3) is 0 Å². The zero-order valence-electron chi connectivity index (χ0n) is 14.9. The number of nitrogens with one attached hydrogen (secondary N) is 2. The van der Waals surface area contributed by atoms with Gasteiger partial charge in [0.2, 0.25) is 11.8 Å². The highest BCUT2D eigenvalue weighted by Crippen LogP contribution is 2.41. The van der Waals surface area contributed by atoms with Crippen molar-refractivity contribution in [2.75, 3.05) is 5.32 Å². The minimum Gasteiger partial charge on any atom is -0.325 e. The quantitative estimate of drug-likeness (QED) is 0.887. The number of nitrogens with zero attached hydrogens (tertiary/aromatic N) is 1. The minimum absolute atomic E-state index is 0.0625. The lowest BCUT2D eigenvalue weighted by atomic mass is 9.73. The van der Waals surface area contributed by atoms with E-state index in [4.69, 9.17) is 0 Å². The van der Waals surface area contributed by atoms with Crippen LogP contribution in [0.3, 0.4) is 0 Å². The number of hydrogen-bond acceptors (Lipinski definition) is 3. The summed E-state index contributed by atoms with van der Waals surface area (Å²) >= 11 is 0. The van der Waals surface area contributed by atoms with E-state index >= 15 is 0 Å². The van der Waals surface area contributed by atoms with Crippen molar-refractivity contribution >= 4 is 23.2 Å². The molecule has 2 unspecified atom stereocenters. The molecule has 2 aliphatic heterocycles. The Morgan fingerprint density at radius 2 is 1.92 bits per heavy atom. The van der Waals surface area contributed by atoms with Crippen LogP contribution in [0.15, 0.2) is 23.3 Å². The molecule has 2 heterocycles. The first-order valence-electron chi connectivity index (χ1n) is 9.40. The van der Waals surface area contributed by atoms with Gasteiger partial charge in [-0.2, -0.15) is 5.10 Å². The molecule has 1 aliphatic carbocycles. The van der Waals surface area contributed by atoms with Gasteiger partial charge in [0.15, 0.2) is 0 Å². The molecule has 0 spiro atoms. The summed E-state index contributed by atoms with van der Waals surface area (Å²) in [6, 6.07) is 6.18. The molecule has 1 saturated carbocycles. The van der Waals surface area contributed by atoms with Gasteiger partial charge in [0.05, 0.1) is 11.1 Å². The molecule has 2 N–H and O–H groups in total. The largest absolute Gasteiger partial charge is 0.325 e. The van der Waals surface area contributed by atoms with E-state index in [1.807, 2.05) is 12.1 Å². The van der Waals surface area contributed by atoms with Crippen LogP contribution in [0.1, 0.15) is 57.1 Å². The Kier molecular flexibility index (Phi) is 3.89. The van der Waals surface area contributed by atoms with Gasteiger partial charge in [0.1, 0.15) is 0 Å². The predicted octanol–water partition coefficient (Wildman–Crippen LogP) is 3.24. The monoisotopic (exact) mass is 339 g/mol. The molecular formula is C20H25N3O2. The zero-order valence-corrected chi connectivity index (χ0v) is 14.9. The number of amides is 2. The first-order valence-corrected chi connectivity index (χ1v) is 9.40. The van der Waals surface area contributed by atoms with Gasteiger partial charge in [-0.3, -0.25) is 9.59 Å². The molecule has 1 aromatic rings. The first kappa shape index (κ1) is 16.3. The van der Waals surface area contributed by atoms with Crippen LogP contribution in [0, 0.1) is 17.3 Å². The van der Waals surface area contributed by atoms with E-state index in [2.05, 4.69) is 35.8 Å². The van der Waals surface area contributed by atoms with Crippen LogP contribution in [0.2, 0.25) is 0 Å². The number of rotatable bonds is 3. The maximum absolute atomic E-state index is 12.5. The molecule has 0 radical (unpaired) electrons. The van der Waals surface area contributed by atoms with Gasteiger partial charge in [0, 0.05) is 17.5 Å². The van der Waals surface area contributed by atoms with E-state index in [1.54, 1.807) is 0 Å². The van der Waals surface area contributed by atoms with Crippen LogP contribution in [0.5, 0.6) is 0 Å². The topological polar surface area (TPSA) is 70.6 Å². The molecule has 3 aliphatic rings. The molecule has 5 nitrogen and oxygen atoms in total. The molecule has 1 aromatic carbocycles. The molecule has 2 atom stereocenters. The minimum atomic E-state index is -0.315. The third-order valence-electron chi connectivity index (χ3n) is 6.50. The third kappa shape index (κ3) is 2.48. The van der Waals surface area contributed by atoms with Crippen LogP contribution in [-0.2, 0) is 16.0 Å². The standard InChI is InChI=1S/C20H25N3O2/c1-3-20(4-2)11-13-10-12(8-9-16(13)21-19(20)25)17-14-6-5-7-15(14)18(24)23-22-17/h8-10,14-15H,3-7,11H2,1-2H3,(H,21,25)(H,23,24). The predicted molar refractivity (Wildman–Crippen MR) is 97.3 cm³/mol. The van der Waals surface area contributed by atoms with Crippen molar-refractivity contribution in [1.82, 2.24) is 5.43 Å². The maximum Gasteiger partial charge on any atom is 0.243 e. The maximum atomic E-state index is 12.5. The first-order chi connectivity index (χ1) is 12.1. The van der Waals surface area contributed by atoms with Crippen molar-refractivity contribution in [2.24, 2.45) is 22.4 Å². The van der Waals surface area contributed by atoms with Gasteiger partial charge in [-0.1, -0.05) is 26.3 Å². The van der Waals surface area contributed by atoms with Crippen molar-refractivity contribution < 1.29 is 9.59 Å². The molecule has 0 aromatic heterocycles. The molecule has 132 valence electrons. The Morgan fingerprint density at radius 3 is 2.68 bits per heavy atom. The molecule has 2 amide bonds. The summed E-state index contributed by atoms with van der Waals surface area (Å²) in [6.07, 6.45) is 5.49. The second-order valence-electron chi connectivity index (χ2n) is 7.61. The second kappa shape index (κ2) is 5.97. The lowest BCUT2D eigenvalue weighted by Crippen LogP contribution is -2.41. The molecule has 5 heteroatoms. The summed E-state index contributed by atoms with van der Waals surface area (Å²) in [6.45, 7) is 4.17. The average molecular weight is 339 g/mol. The van der Waals surface area contributed by atoms with Gasteiger partial charge in [0.25, 0.3) is 0 Å². The highest BCUT2D eigenvalue weighted by atomic mass is 16.2. The lowest BCUT2D eigenvalue weighted by Gasteiger charge is -2.36. The summed E-state index contributed by atoms with van der Waals surface area (Å²) in [4.78, 5) is 24.5. The number of carbonyl (C=O) groups excluding carboxylic acids is 2. The van der Waals surface area contributed by atoms with Crippen molar-refractivity contribution in [1.29, 1.82) is 0 Å². The van der Waals surface area contributed by atoms with Gasteiger partial charge in [-0.05, 0) is 55.4 Å². The molecule has 25 heavy (non-hydrogen) atoms. The number of anilines is 1. The summed E-state index contributed by atoms with van der Waals surface area (Å²) in [5.74, 6) is 0.490. The van der Waals surface area contributed by atoms with Crippen LogP contribution in [-0.4, -0.2) is 17.5 Å². The third-order valence-corrected chi connectivity index (χ3v) is 6.50. The fourth-order valence-electron chi connectivity index (χ4n) is 4.70. The number of carbonyl (C=O) groups is 2. The number of hydrazone groups is 1. The van der Waals surface area contributed by atoms with E-state index in [9.17, 15) is 9.59 Å². The fourth-order valence-corrected chi connectivity index (χ4v) is 4.70. The highest BCUT2D eigenvalue weighted by molar-refractivity contribution is 6.08. The van der Waals surface area contributed by atoms with Crippen molar-refractivity contribution in [2.45, 2.75) is 52.4 Å². The van der Waals surface area contributed by atoms with Gasteiger partial charge >= 0.3 is 0 Å². The average Bonchev–Trinajstić information content (AvgIpc) is 3.12. The Morgan fingerprint density at radius 1 is 1.16 bits per heavy atom. The highest BCUT2D eigenvalue weighted by Gasteiger charge is 2.41. The molecule has 0 saturated heterocycles. The van der Waals surface area contributed by atoms with Gasteiger partial charge in [-0.25, -0.2) is 5.43 Å². The lowest BCUT2D eigenvalue weighted by molar-refractivity contribution is -0.127. The Balaban J connectivity index is 1.70. The smallest absolute Gasteiger partial charge is 0.243 e. The molecule has 1 fully saturated rings. The van der Waals surface area contributed by atoms with E-state index < -0.39 is 0 Å². The van der Waals surface area contributed by atoms with E-state index in [0.717, 1.165) is 55.5 Å². The molecule has 4 rings (SSSR count). The SMILES string of the molecule is CCC1(CC)Cc2cc(C3=NNC(=O)C4CCCC34)ccc2NC1=O. The number of fused-ring (bicyclic) bond motifs is 2. The Labute approximate surface area is 148 Å². The second-order valence-corrected chi connectivity index (χ2v) is 7.61. The van der Waals surface area contributed by atoms with Crippen molar-refractivity contribution in [3.05, 3.63) is 29.3 Å². The Bertz CT molecular complexity index is 764. The van der Waals surface area contributed by atoms with Crippen LogP contribution in [0.4, 0.5) is 5.69 Å². The van der Waals surface area contributed by atoms with Gasteiger partial charge < -0.3 is 5.32 Å². The van der Waals surface area contributed by atoms with Crippen LogP contribution >= 0.6 is 0 Å². The number of hydrogen-bond donors (Lipinski definition) is 2. The summed E-state index contributed by atoms with van der Waals surface area (Å²) in [7, 11) is 0. The normalized spacial score (nSPS) is 27.0. The summed E-state index contributed by atoms with van der Waals surface area (Å²) in [5, 5.41) is 7.48. The molecular weight excluding hydrogens is 314 g/mol. The Hall–Kier alpha value is -2.17. The fraction of sp³-hybridized carbons (Fsp3) is 0.550. The van der Waals surface area contributed by atoms with Crippen molar-refractivity contribution in [3.8, 4) is 0 Å². The summed E-state index contributed by atoms with van der Waals surface area (Å²) in [5.41, 5.74) is 6.56. The molecule has 0 bridgehead atoms. The van der Waals surface area contributed by atoms with Gasteiger partial charge in [-0.15, -0.1) is 0 Å². The van der Waals surface area contributed by atoms with E-state index in [1.165, 1.54) is 5.56 Å². The van der Waals surface area contributed by atoms with Crippen molar-refractivity contribution in [3.63, 3.8) is 0 Å². The number of benzene rings is 1.